The largest absolute Gasteiger partial charge is 0.357 e. The molecule has 0 fully saturated rings. The van der Waals surface area contributed by atoms with Crippen molar-refractivity contribution < 1.29 is 4.92 Å². The van der Waals surface area contributed by atoms with Crippen LogP contribution in [0.25, 0.3) is 10.9 Å². The number of fused-ring (bicyclic) bond motifs is 1. The van der Waals surface area contributed by atoms with Crippen LogP contribution < -0.4 is 0 Å². The molecular weight excluding hydrogens is 240 g/mol. The zero-order valence-electron chi connectivity index (χ0n) is 9.29. The number of halogens is 1. The van der Waals surface area contributed by atoms with Gasteiger partial charge in [0, 0.05) is 11.8 Å². The molecule has 0 amide bonds. The van der Waals surface area contributed by atoms with Crippen molar-refractivity contribution in [3.63, 3.8) is 0 Å². The number of rotatable bonds is 3. The van der Waals surface area contributed by atoms with Gasteiger partial charge < -0.3 is 4.98 Å². The lowest BCUT2D eigenvalue weighted by atomic mass is 10.1. The zero-order chi connectivity index (χ0) is 12.6. The molecule has 0 bridgehead atoms. The lowest BCUT2D eigenvalue weighted by Crippen LogP contribution is -1.91. The number of allylic oxidation sites excluding steroid dienone is 1. The van der Waals surface area contributed by atoms with Gasteiger partial charge in [-0.25, -0.2) is 0 Å². The number of hydrogen-bond acceptors (Lipinski definition) is 2. The molecule has 1 aromatic carbocycles. The quantitative estimate of drug-likeness (QED) is 0.512. The third-order valence-electron chi connectivity index (χ3n) is 2.74. The number of nitro benzene ring substituents is 1. The normalized spacial score (nSPS) is 10.7. The molecule has 88 valence electrons. The number of aromatic amines is 1. The van der Waals surface area contributed by atoms with E-state index in [1.807, 2.05) is 6.92 Å². The SMILES string of the molecule is C=CCc1c(C)[nH]c2c(Cl)ccc([N+](=O)[O-])c12. The molecule has 0 atom stereocenters. The van der Waals surface area contributed by atoms with Gasteiger partial charge in [-0.15, -0.1) is 6.58 Å². The van der Waals surface area contributed by atoms with E-state index in [0.717, 1.165) is 11.3 Å². The number of benzene rings is 1. The summed E-state index contributed by atoms with van der Waals surface area (Å²) >= 11 is 6.04. The van der Waals surface area contributed by atoms with E-state index in [4.69, 9.17) is 11.6 Å². The molecule has 0 spiro atoms. The smallest absolute Gasteiger partial charge is 0.279 e. The highest BCUT2D eigenvalue weighted by molar-refractivity contribution is 6.35. The Labute approximate surface area is 103 Å². The Balaban J connectivity index is 2.89. The molecule has 0 aliphatic rings. The summed E-state index contributed by atoms with van der Waals surface area (Å²) in [5.74, 6) is 0. The van der Waals surface area contributed by atoms with E-state index in [-0.39, 0.29) is 5.69 Å². The lowest BCUT2D eigenvalue weighted by Gasteiger charge is -1.99. The maximum atomic E-state index is 11.0. The van der Waals surface area contributed by atoms with Crippen LogP contribution in [0.3, 0.4) is 0 Å². The molecule has 1 aromatic heterocycles. The summed E-state index contributed by atoms with van der Waals surface area (Å²) in [6.45, 7) is 5.54. The Morgan fingerprint density at radius 3 is 2.88 bits per heavy atom. The van der Waals surface area contributed by atoms with Gasteiger partial charge in [0.1, 0.15) is 0 Å². The van der Waals surface area contributed by atoms with Gasteiger partial charge in [0.25, 0.3) is 5.69 Å². The number of non-ortho nitro benzene ring substituents is 1. The van der Waals surface area contributed by atoms with Crippen LogP contribution in [-0.4, -0.2) is 9.91 Å². The number of aryl methyl sites for hydroxylation is 1. The molecule has 0 saturated carbocycles. The van der Waals surface area contributed by atoms with E-state index in [9.17, 15) is 10.1 Å². The molecule has 0 saturated heterocycles. The number of hydrogen-bond donors (Lipinski definition) is 1. The molecule has 4 nitrogen and oxygen atoms in total. The van der Waals surface area contributed by atoms with E-state index in [1.54, 1.807) is 6.08 Å². The second-order valence-corrected chi connectivity index (χ2v) is 4.20. The van der Waals surface area contributed by atoms with Crippen LogP contribution in [0.15, 0.2) is 24.8 Å². The predicted molar refractivity (Wildman–Crippen MR) is 68.6 cm³/mol. The van der Waals surface area contributed by atoms with Crippen molar-refractivity contribution in [2.45, 2.75) is 13.3 Å². The second kappa shape index (κ2) is 4.22. The van der Waals surface area contributed by atoms with Crippen LogP contribution in [0.1, 0.15) is 11.3 Å². The maximum Gasteiger partial charge on any atom is 0.279 e. The Hall–Kier alpha value is -1.81. The maximum absolute atomic E-state index is 11.0. The number of H-pyrrole nitrogens is 1. The third kappa shape index (κ3) is 1.80. The number of nitrogens with one attached hydrogen (secondary N) is 1. The summed E-state index contributed by atoms with van der Waals surface area (Å²) in [4.78, 5) is 13.7. The van der Waals surface area contributed by atoms with E-state index in [2.05, 4.69) is 11.6 Å². The van der Waals surface area contributed by atoms with Crippen LogP contribution in [-0.2, 0) is 6.42 Å². The topological polar surface area (TPSA) is 58.9 Å². The zero-order valence-corrected chi connectivity index (χ0v) is 10.0. The summed E-state index contributed by atoms with van der Waals surface area (Å²) in [5.41, 5.74) is 2.46. The molecule has 5 heteroatoms. The van der Waals surface area contributed by atoms with Crippen LogP contribution in [0.2, 0.25) is 5.02 Å². The highest BCUT2D eigenvalue weighted by atomic mass is 35.5. The molecule has 1 heterocycles. The Morgan fingerprint density at radius 1 is 1.59 bits per heavy atom. The van der Waals surface area contributed by atoms with Crippen LogP contribution >= 0.6 is 11.6 Å². The predicted octanol–water partition coefficient (Wildman–Crippen LogP) is 3.77. The Bertz CT molecular complexity index is 616. The van der Waals surface area contributed by atoms with Crippen molar-refractivity contribution in [2.75, 3.05) is 0 Å². The molecule has 1 N–H and O–H groups in total. The van der Waals surface area contributed by atoms with Gasteiger partial charge in [0.05, 0.1) is 20.8 Å². The Morgan fingerprint density at radius 2 is 2.29 bits per heavy atom. The second-order valence-electron chi connectivity index (χ2n) is 3.79. The van der Waals surface area contributed by atoms with Crippen molar-refractivity contribution >= 4 is 28.2 Å². The standard InChI is InChI=1S/C12H11ClN2O2/c1-3-4-8-7(2)14-12-9(13)5-6-10(11(8)12)15(16)17/h3,5-6,14H,1,4H2,2H3. The molecule has 0 unspecified atom stereocenters. The first kappa shape index (κ1) is 11.7. The van der Waals surface area contributed by atoms with E-state index < -0.39 is 4.92 Å². The van der Waals surface area contributed by atoms with Gasteiger partial charge in [0.15, 0.2) is 0 Å². The van der Waals surface area contributed by atoms with E-state index in [1.165, 1.54) is 12.1 Å². The van der Waals surface area contributed by atoms with Crippen molar-refractivity contribution in [2.24, 2.45) is 0 Å². The first-order chi connectivity index (χ1) is 8.06. The number of nitro groups is 1. The minimum atomic E-state index is -0.390. The molecule has 0 aliphatic carbocycles. The molecular formula is C12H11ClN2O2. The fourth-order valence-electron chi connectivity index (χ4n) is 2.00. The van der Waals surface area contributed by atoms with Crippen LogP contribution in [0.5, 0.6) is 0 Å². The molecule has 0 aliphatic heterocycles. The summed E-state index contributed by atoms with van der Waals surface area (Å²) in [6.07, 6.45) is 2.30. The van der Waals surface area contributed by atoms with E-state index >= 15 is 0 Å². The van der Waals surface area contributed by atoms with Crippen LogP contribution in [0.4, 0.5) is 5.69 Å². The fraction of sp³-hybridized carbons (Fsp3) is 0.167. The van der Waals surface area contributed by atoms with Gasteiger partial charge in [-0.05, 0) is 25.0 Å². The van der Waals surface area contributed by atoms with Gasteiger partial charge in [-0.1, -0.05) is 17.7 Å². The summed E-state index contributed by atoms with van der Waals surface area (Å²) in [6, 6.07) is 2.97. The summed E-state index contributed by atoms with van der Waals surface area (Å²) in [7, 11) is 0. The van der Waals surface area contributed by atoms with Crippen molar-refractivity contribution in [1.29, 1.82) is 0 Å². The monoisotopic (exact) mass is 250 g/mol. The van der Waals surface area contributed by atoms with Crippen molar-refractivity contribution in [3.8, 4) is 0 Å². The van der Waals surface area contributed by atoms with Gasteiger partial charge in [-0.2, -0.15) is 0 Å². The van der Waals surface area contributed by atoms with Crippen molar-refractivity contribution in [1.82, 2.24) is 4.98 Å². The highest BCUT2D eigenvalue weighted by Crippen LogP contribution is 2.35. The fourth-order valence-corrected chi connectivity index (χ4v) is 2.20. The molecule has 2 rings (SSSR count). The first-order valence-electron chi connectivity index (χ1n) is 5.11. The molecule has 2 aromatic rings. The van der Waals surface area contributed by atoms with Gasteiger partial charge in [0.2, 0.25) is 0 Å². The third-order valence-corrected chi connectivity index (χ3v) is 3.06. The summed E-state index contributed by atoms with van der Waals surface area (Å²) < 4.78 is 0. The highest BCUT2D eigenvalue weighted by Gasteiger charge is 2.20. The van der Waals surface area contributed by atoms with E-state index in [0.29, 0.717) is 22.3 Å². The number of nitrogens with zero attached hydrogens (tertiary/aromatic N) is 1. The Kier molecular flexibility index (Phi) is 2.90. The minimum Gasteiger partial charge on any atom is -0.357 e. The average molecular weight is 251 g/mol. The lowest BCUT2D eigenvalue weighted by molar-refractivity contribution is -0.383. The molecule has 0 radical (unpaired) electrons. The van der Waals surface area contributed by atoms with Crippen molar-refractivity contribution in [3.05, 3.63) is 51.2 Å². The van der Waals surface area contributed by atoms with Gasteiger partial charge in [-0.3, -0.25) is 10.1 Å². The minimum absolute atomic E-state index is 0.0746. The average Bonchev–Trinajstić information content (AvgIpc) is 2.58. The first-order valence-corrected chi connectivity index (χ1v) is 5.49. The summed E-state index contributed by atoms with van der Waals surface area (Å²) in [5, 5.41) is 12.1. The van der Waals surface area contributed by atoms with Crippen LogP contribution in [0, 0.1) is 17.0 Å². The number of aromatic nitrogens is 1. The molecule has 17 heavy (non-hydrogen) atoms. The van der Waals surface area contributed by atoms with Gasteiger partial charge >= 0.3 is 0 Å².